The van der Waals surface area contributed by atoms with Gasteiger partial charge in [-0.2, -0.15) is 0 Å². The van der Waals surface area contributed by atoms with Crippen LogP contribution in [0.3, 0.4) is 0 Å². The van der Waals surface area contributed by atoms with Crippen molar-refractivity contribution < 1.29 is 0 Å². The van der Waals surface area contributed by atoms with Gasteiger partial charge in [0, 0.05) is 39.6 Å². The number of nitrogens with one attached hydrogen (secondary N) is 2. The lowest BCUT2D eigenvalue weighted by atomic mass is 9.83. The van der Waals surface area contributed by atoms with Gasteiger partial charge in [-0.05, 0) is 48.7 Å². The summed E-state index contributed by atoms with van der Waals surface area (Å²) in [7, 11) is 0. The lowest BCUT2D eigenvalue weighted by Gasteiger charge is -2.19. The Labute approximate surface area is 158 Å². The number of H-pyrrole nitrogens is 2. The van der Waals surface area contributed by atoms with Crippen molar-refractivity contribution in [2.75, 3.05) is 0 Å². The number of benzene rings is 3. The van der Waals surface area contributed by atoms with E-state index in [4.69, 9.17) is 0 Å². The van der Waals surface area contributed by atoms with Gasteiger partial charge >= 0.3 is 0 Å². The fraction of sp³-hybridized carbons (Fsp3) is 0.120. The van der Waals surface area contributed by atoms with Gasteiger partial charge in [0.15, 0.2) is 0 Å². The van der Waals surface area contributed by atoms with Crippen molar-refractivity contribution in [2.45, 2.75) is 19.8 Å². The molecule has 1 atom stereocenters. The Balaban J connectivity index is 1.85. The van der Waals surface area contributed by atoms with Crippen LogP contribution in [-0.4, -0.2) is 9.97 Å². The molecule has 5 aromatic rings. The number of hydrogen-bond acceptors (Lipinski definition) is 0. The molecule has 1 unspecified atom stereocenters. The van der Waals surface area contributed by atoms with Crippen LogP contribution in [0.4, 0.5) is 0 Å². The summed E-state index contributed by atoms with van der Waals surface area (Å²) >= 11 is 0. The quantitative estimate of drug-likeness (QED) is 0.375. The lowest BCUT2D eigenvalue weighted by Crippen LogP contribution is -2.04. The van der Waals surface area contributed by atoms with Gasteiger partial charge in [-0.1, -0.05) is 60.2 Å². The minimum absolute atomic E-state index is 0.179. The van der Waals surface area contributed by atoms with Gasteiger partial charge in [-0.3, -0.25) is 0 Å². The summed E-state index contributed by atoms with van der Waals surface area (Å²) in [4.78, 5) is 7.07. The van der Waals surface area contributed by atoms with Gasteiger partial charge in [0.2, 0.25) is 0 Å². The summed E-state index contributed by atoms with van der Waals surface area (Å²) in [5.41, 5.74) is 8.90. The Morgan fingerprint density at radius 1 is 0.741 bits per heavy atom. The summed E-state index contributed by atoms with van der Waals surface area (Å²) in [6.45, 7) is 4.34. The molecule has 0 aliphatic carbocycles. The molecular formula is C25H22N2. The maximum Gasteiger partial charge on any atom is 0.0459 e. The topological polar surface area (TPSA) is 31.6 Å². The molecule has 0 aliphatic heterocycles. The SMILES string of the molecule is Cc1ccc2[nH]cc(C(c3ccccc3)c3c(C)[nH]c4ccccc34)c2c1. The van der Waals surface area contributed by atoms with E-state index in [1.165, 1.54) is 49.8 Å². The number of rotatable bonds is 3. The fourth-order valence-electron chi connectivity index (χ4n) is 4.31. The molecule has 0 saturated heterocycles. The largest absolute Gasteiger partial charge is 0.361 e. The van der Waals surface area contributed by atoms with E-state index < -0.39 is 0 Å². The molecule has 2 nitrogen and oxygen atoms in total. The van der Waals surface area contributed by atoms with E-state index in [2.05, 4.69) is 103 Å². The molecule has 0 saturated carbocycles. The first kappa shape index (κ1) is 16.0. The molecule has 2 aromatic heterocycles. The van der Waals surface area contributed by atoms with Crippen LogP contribution < -0.4 is 0 Å². The molecule has 2 heteroatoms. The first-order chi connectivity index (χ1) is 13.2. The van der Waals surface area contributed by atoms with Crippen LogP contribution >= 0.6 is 0 Å². The molecule has 5 rings (SSSR count). The molecule has 0 radical (unpaired) electrons. The highest BCUT2D eigenvalue weighted by molar-refractivity contribution is 5.90. The summed E-state index contributed by atoms with van der Waals surface area (Å²) in [5.74, 6) is 0.179. The fourth-order valence-corrected chi connectivity index (χ4v) is 4.31. The van der Waals surface area contributed by atoms with Gasteiger partial charge in [0.1, 0.15) is 0 Å². The zero-order chi connectivity index (χ0) is 18.4. The Bertz CT molecular complexity index is 1240. The first-order valence-corrected chi connectivity index (χ1v) is 9.42. The van der Waals surface area contributed by atoms with Crippen LogP contribution in [0.5, 0.6) is 0 Å². The number of para-hydroxylation sites is 1. The molecule has 0 fully saturated rings. The molecular weight excluding hydrogens is 328 g/mol. The number of aromatic amines is 2. The molecule has 0 amide bonds. The van der Waals surface area contributed by atoms with E-state index >= 15 is 0 Å². The molecule has 2 heterocycles. The van der Waals surface area contributed by atoms with Gasteiger partial charge in [0.25, 0.3) is 0 Å². The maximum absolute atomic E-state index is 3.59. The highest BCUT2D eigenvalue weighted by Crippen LogP contribution is 2.41. The number of hydrogen-bond donors (Lipinski definition) is 2. The van der Waals surface area contributed by atoms with Crippen molar-refractivity contribution in [2.24, 2.45) is 0 Å². The zero-order valence-corrected chi connectivity index (χ0v) is 15.6. The number of aryl methyl sites for hydroxylation is 2. The first-order valence-electron chi connectivity index (χ1n) is 9.42. The molecule has 0 spiro atoms. The smallest absolute Gasteiger partial charge is 0.0459 e. The zero-order valence-electron chi connectivity index (χ0n) is 15.6. The van der Waals surface area contributed by atoms with Crippen molar-refractivity contribution in [1.82, 2.24) is 9.97 Å². The normalized spacial score (nSPS) is 12.7. The standard InChI is InChI=1S/C25H22N2/c1-16-12-13-22-20(14-16)21(15-26-22)25(18-8-4-3-5-9-18)24-17(2)27-23-11-7-6-10-19(23)24/h3-15,25-27H,1-2H3. The average molecular weight is 350 g/mol. The minimum atomic E-state index is 0.179. The Hall–Kier alpha value is -3.26. The van der Waals surface area contributed by atoms with E-state index in [1.807, 2.05) is 0 Å². The number of fused-ring (bicyclic) bond motifs is 2. The molecule has 2 N–H and O–H groups in total. The summed E-state index contributed by atoms with van der Waals surface area (Å²) in [5, 5.41) is 2.60. The lowest BCUT2D eigenvalue weighted by molar-refractivity contribution is 0.978. The van der Waals surface area contributed by atoms with Crippen molar-refractivity contribution in [3.63, 3.8) is 0 Å². The van der Waals surface area contributed by atoms with Gasteiger partial charge in [-0.25, -0.2) is 0 Å². The molecule has 3 aromatic carbocycles. The van der Waals surface area contributed by atoms with Crippen LogP contribution in [0.1, 0.15) is 33.9 Å². The van der Waals surface area contributed by atoms with Crippen LogP contribution in [0.25, 0.3) is 21.8 Å². The summed E-state index contributed by atoms with van der Waals surface area (Å²) in [6, 6.07) is 26.1. The van der Waals surface area contributed by atoms with E-state index in [-0.39, 0.29) is 5.92 Å². The molecule has 27 heavy (non-hydrogen) atoms. The minimum Gasteiger partial charge on any atom is -0.361 e. The van der Waals surface area contributed by atoms with Crippen LogP contribution in [-0.2, 0) is 0 Å². The van der Waals surface area contributed by atoms with Crippen LogP contribution in [0.15, 0.2) is 79.0 Å². The third-order valence-electron chi connectivity index (χ3n) is 5.55. The van der Waals surface area contributed by atoms with E-state index in [9.17, 15) is 0 Å². The monoisotopic (exact) mass is 350 g/mol. The maximum atomic E-state index is 3.59. The Morgan fingerprint density at radius 2 is 1.52 bits per heavy atom. The van der Waals surface area contributed by atoms with E-state index in [1.54, 1.807) is 0 Å². The van der Waals surface area contributed by atoms with Crippen LogP contribution in [0, 0.1) is 13.8 Å². The van der Waals surface area contributed by atoms with Gasteiger partial charge < -0.3 is 9.97 Å². The highest BCUT2D eigenvalue weighted by atomic mass is 14.7. The Morgan fingerprint density at radius 3 is 2.37 bits per heavy atom. The third-order valence-corrected chi connectivity index (χ3v) is 5.55. The average Bonchev–Trinajstić information content (AvgIpc) is 3.24. The van der Waals surface area contributed by atoms with Gasteiger partial charge in [0.05, 0.1) is 0 Å². The van der Waals surface area contributed by atoms with Crippen molar-refractivity contribution >= 4 is 21.8 Å². The van der Waals surface area contributed by atoms with Crippen molar-refractivity contribution in [3.05, 3.63) is 107 Å². The summed E-state index contributed by atoms with van der Waals surface area (Å²) in [6.07, 6.45) is 2.18. The van der Waals surface area contributed by atoms with Crippen molar-refractivity contribution in [3.8, 4) is 0 Å². The second kappa shape index (κ2) is 6.17. The van der Waals surface area contributed by atoms with Crippen LogP contribution in [0.2, 0.25) is 0 Å². The second-order valence-electron chi connectivity index (χ2n) is 7.35. The van der Waals surface area contributed by atoms with E-state index in [0.29, 0.717) is 0 Å². The predicted octanol–water partition coefficient (Wildman–Crippen LogP) is 6.45. The molecule has 132 valence electrons. The predicted molar refractivity (Wildman–Crippen MR) is 113 cm³/mol. The number of aromatic nitrogens is 2. The Kier molecular flexibility index (Phi) is 3.64. The molecule has 0 bridgehead atoms. The second-order valence-corrected chi connectivity index (χ2v) is 7.35. The third kappa shape index (κ3) is 2.57. The van der Waals surface area contributed by atoms with E-state index in [0.717, 1.165) is 0 Å². The highest BCUT2D eigenvalue weighted by Gasteiger charge is 2.25. The summed E-state index contributed by atoms with van der Waals surface area (Å²) < 4.78 is 0. The van der Waals surface area contributed by atoms with Gasteiger partial charge in [-0.15, -0.1) is 0 Å². The molecule has 0 aliphatic rings. The van der Waals surface area contributed by atoms with Crippen molar-refractivity contribution in [1.29, 1.82) is 0 Å².